The number of benzene rings is 3. The lowest BCUT2D eigenvalue weighted by Crippen LogP contribution is -2.56. The summed E-state index contributed by atoms with van der Waals surface area (Å²) in [5.41, 5.74) is 2.21. The lowest BCUT2D eigenvalue weighted by atomic mass is 9.77. The van der Waals surface area contributed by atoms with Crippen molar-refractivity contribution in [1.29, 1.82) is 5.26 Å². The van der Waals surface area contributed by atoms with Gasteiger partial charge in [-0.05, 0) is 28.8 Å². The summed E-state index contributed by atoms with van der Waals surface area (Å²) in [6.07, 6.45) is 4.88. The molecule has 2 aliphatic rings. The maximum atomic E-state index is 14.2. The predicted octanol–water partition coefficient (Wildman–Crippen LogP) is 4.19. The van der Waals surface area contributed by atoms with Crippen LogP contribution in [0.4, 0.5) is 0 Å². The molecule has 3 aromatic carbocycles. The van der Waals surface area contributed by atoms with Gasteiger partial charge in [-0.2, -0.15) is 5.26 Å². The highest BCUT2D eigenvalue weighted by Gasteiger charge is 2.57. The summed E-state index contributed by atoms with van der Waals surface area (Å²) in [5.74, 6) is -0.466. The van der Waals surface area contributed by atoms with Gasteiger partial charge in [0, 0.05) is 24.0 Å². The fraction of sp³-hybridized carbons (Fsp3) is 0.0741. The predicted molar refractivity (Wildman–Crippen MR) is 120 cm³/mol. The summed E-state index contributed by atoms with van der Waals surface area (Å²) in [7, 11) is 0. The van der Waals surface area contributed by atoms with Crippen LogP contribution in [0.3, 0.4) is 0 Å². The van der Waals surface area contributed by atoms with Crippen molar-refractivity contribution in [3.05, 3.63) is 126 Å². The largest absolute Gasteiger partial charge is 0.311 e. The van der Waals surface area contributed by atoms with E-state index in [0.29, 0.717) is 23.2 Å². The number of hydrogen-bond acceptors (Lipinski definition) is 3. The van der Waals surface area contributed by atoms with Gasteiger partial charge in [0.2, 0.25) is 0 Å². The minimum absolute atomic E-state index is 0.213. The molecule has 0 spiro atoms. The SMILES string of the molecule is N#Cc1ccc([C@]23C(=O)N(Cc4ccccc4)C=CN2C(=O)C=C3c2ccccc2)cc1. The molecule has 0 saturated heterocycles. The van der Waals surface area contributed by atoms with Gasteiger partial charge in [0.05, 0.1) is 18.2 Å². The van der Waals surface area contributed by atoms with Gasteiger partial charge < -0.3 is 4.90 Å². The van der Waals surface area contributed by atoms with Crippen LogP contribution in [0, 0.1) is 11.3 Å². The average molecular weight is 417 g/mol. The molecule has 3 aromatic rings. The van der Waals surface area contributed by atoms with Crippen LogP contribution in [0.2, 0.25) is 0 Å². The van der Waals surface area contributed by atoms with Gasteiger partial charge >= 0.3 is 0 Å². The molecule has 1 atom stereocenters. The van der Waals surface area contributed by atoms with Crippen LogP contribution in [0.5, 0.6) is 0 Å². The van der Waals surface area contributed by atoms with E-state index in [1.54, 1.807) is 47.6 Å². The number of rotatable bonds is 4. The van der Waals surface area contributed by atoms with E-state index in [1.165, 1.54) is 4.90 Å². The van der Waals surface area contributed by atoms with Crippen molar-refractivity contribution in [3.8, 4) is 6.07 Å². The maximum Gasteiger partial charge on any atom is 0.262 e. The van der Waals surface area contributed by atoms with E-state index in [9.17, 15) is 14.9 Å². The number of hydrogen-bond donors (Lipinski definition) is 0. The molecule has 0 fully saturated rings. The maximum absolute atomic E-state index is 14.2. The third-order valence-electron chi connectivity index (χ3n) is 5.93. The highest BCUT2D eigenvalue weighted by atomic mass is 16.2. The molecule has 2 amide bonds. The summed E-state index contributed by atoms with van der Waals surface area (Å²) < 4.78 is 0. The third-order valence-corrected chi connectivity index (χ3v) is 5.93. The van der Waals surface area contributed by atoms with Crippen LogP contribution >= 0.6 is 0 Å². The standard InChI is InChI=1S/C27H19N3O2/c28-18-20-11-13-23(14-12-20)27-24(22-9-5-2-6-10-22)17-25(31)30(27)16-15-29(26(27)32)19-21-7-3-1-4-8-21/h1-17H,19H2/t27-/m0/s1. The summed E-state index contributed by atoms with van der Waals surface area (Å²) >= 11 is 0. The number of carbonyl (C=O) groups excluding carboxylic acids is 2. The van der Waals surface area contributed by atoms with Gasteiger partial charge in [0.25, 0.3) is 11.8 Å². The molecule has 0 saturated carbocycles. The van der Waals surface area contributed by atoms with Crippen molar-refractivity contribution in [2.45, 2.75) is 12.1 Å². The van der Waals surface area contributed by atoms with Crippen molar-refractivity contribution in [3.63, 3.8) is 0 Å². The summed E-state index contributed by atoms with van der Waals surface area (Å²) in [6.45, 7) is 0.387. The van der Waals surface area contributed by atoms with Crippen LogP contribution in [-0.4, -0.2) is 21.6 Å². The van der Waals surface area contributed by atoms with E-state index in [2.05, 4.69) is 6.07 Å². The quantitative estimate of drug-likeness (QED) is 0.639. The summed E-state index contributed by atoms with van der Waals surface area (Å²) in [5, 5.41) is 9.24. The number of amides is 2. The zero-order valence-electron chi connectivity index (χ0n) is 17.2. The lowest BCUT2D eigenvalue weighted by molar-refractivity contribution is -0.145. The Hall–Kier alpha value is -4.43. The molecule has 154 valence electrons. The van der Waals surface area contributed by atoms with Gasteiger partial charge in [0.15, 0.2) is 5.54 Å². The second kappa shape index (κ2) is 7.68. The fourth-order valence-corrected chi connectivity index (χ4v) is 4.44. The number of fused-ring (bicyclic) bond motifs is 1. The summed E-state index contributed by atoms with van der Waals surface area (Å²) in [6, 6.07) is 28.2. The second-order valence-corrected chi connectivity index (χ2v) is 7.75. The molecular formula is C27H19N3O2. The van der Waals surface area contributed by atoms with E-state index >= 15 is 0 Å². The molecule has 5 nitrogen and oxygen atoms in total. The molecule has 32 heavy (non-hydrogen) atoms. The van der Waals surface area contributed by atoms with E-state index in [-0.39, 0.29) is 11.8 Å². The molecule has 0 N–H and O–H groups in total. The minimum atomic E-state index is -1.34. The van der Waals surface area contributed by atoms with Crippen molar-refractivity contribution < 1.29 is 9.59 Å². The van der Waals surface area contributed by atoms with Crippen molar-refractivity contribution in [2.24, 2.45) is 0 Å². The minimum Gasteiger partial charge on any atom is -0.311 e. The van der Waals surface area contributed by atoms with Crippen molar-refractivity contribution in [1.82, 2.24) is 9.80 Å². The van der Waals surface area contributed by atoms with Crippen LogP contribution in [0.25, 0.3) is 5.57 Å². The first kappa shape index (κ1) is 19.5. The molecule has 0 aliphatic carbocycles. The topological polar surface area (TPSA) is 64.4 Å². The van der Waals surface area contributed by atoms with Crippen LogP contribution in [0.1, 0.15) is 22.3 Å². The zero-order chi connectivity index (χ0) is 22.1. The smallest absolute Gasteiger partial charge is 0.262 e. The Labute approximate surface area is 186 Å². The molecule has 2 heterocycles. The monoisotopic (exact) mass is 417 g/mol. The molecule has 5 rings (SSSR count). The Morgan fingerprint density at radius 3 is 2.12 bits per heavy atom. The first-order valence-electron chi connectivity index (χ1n) is 10.3. The first-order valence-corrected chi connectivity index (χ1v) is 10.3. The van der Waals surface area contributed by atoms with E-state index in [4.69, 9.17) is 0 Å². The fourth-order valence-electron chi connectivity index (χ4n) is 4.44. The number of nitrogens with zero attached hydrogens (tertiary/aromatic N) is 3. The number of carbonyl (C=O) groups is 2. The molecule has 0 bridgehead atoms. The lowest BCUT2D eigenvalue weighted by Gasteiger charge is -2.44. The van der Waals surface area contributed by atoms with Gasteiger partial charge in [-0.3, -0.25) is 14.5 Å². The Bertz CT molecular complexity index is 1290. The normalized spacial score (nSPS) is 19.5. The van der Waals surface area contributed by atoms with Gasteiger partial charge in [0.1, 0.15) is 0 Å². The van der Waals surface area contributed by atoms with Crippen LogP contribution < -0.4 is 0 Å². The first-order chi connectivity index (χ1) is 15.6. The van der Waals surface area contributed by atoms with Crippen molar-refractivity contribution in [2.75, 3.05) is 0 Å². The zero-order valence-corrected chi connectivity index (χ0v) is 17.2. The molecule has 5 heteroatoms. The molecule has 0 unspecified atom stereocenters. The number of nitriles is 1. The van der Waals surface area contributed by atoms with Gasteiger partial charge in [-0.15, -0.1) is 0 Å². The Balaban J connectivity index is 1.69. The molecule has 2 aliphatic heterocycles. The summed E-state index contributed by atoms with van der Waals surface area (Å²) in [4.78, 5) is 30.4. The molecular weight excluding hydrogens is 398 g/mol. The van der Waals surface area contributed by atoms with Gasteiger partial charge in [-0.1, -0.05) is 72.8 Å². The van der Waals surface area contributed by atoms with Gasteiger partial charge in [-0.25, -0.2) is 0 Å². The van der Waals surface area contributed by atoms with E-state index in [0.717, 1.165) is 11.1 Å². The molecule has 0 radical (unpaired) electrons. The highest BCUT2D eigenvalue weighted by molar-refractivity contribution is 6.15. The average Bonchev–Trinajstić information content (AvgIpc) is 3.16. The van der Waals surface area contributed by atoms with E-state index in [1.807, 2.05) is 60.7 Å². The Kier molecular flexibility index (Phi) is 4.68. The third kappa shape index (κ3) is 2.93. The second-order valence-electron chi connectivity index (χ2n) is 7.75. The van der Waals surface area contributed by atoms with E-state index < -0.39 is 5.54 Å². The molecule has 0 aromatic heterocycles. The Morgan fingerprint density at radius 1 is 0.812 bits per heavy atom. The van der Waals surface area contributed by atoms with Crippen LogP contribution in [-0.2, 0) is 21.7 Å². The van der Waals surface area contributed by atoms with Crippen LogP contribution in [0.15, 0.2) is 103 Å². The van der Waals surface area contributed by atoms with Crippen molar-refractivity contribution >= 4 is 17.4 Å². The highest BCUT2D eigenvalue weighted by Crippen LogP contribution is 2.49. The Morgan fingerprint density at radius 2 is 1.47 bits per heavy atom.